The Labute approximate surface area is 149 Å². The van der Waals surface area contributed by atoms with Crippen LogP contribution in [0.4, 0.5) is 11.4 Å². The molecule has 126 valence electrons. The molecule has 2 aromatic rings. The summed E-state index contributed by atoms with van der Waals surface area (Å²) in [5.41, 5.74) is 13.1. The molecule has 0 spiro atoms. The van der Waals surface area contributed by atoms with Crippen LogP contribution < -0.4 is 11.1 Å². The van der Waals surface area contributed by atoms with Crippen molar-refractivity contribution in [2.24, 2.45) is 0 Å². The van der Waals surface area contributed by atoms with Crippen molar-refractivity contribution >= 4 is 23.1 Å². The third kappa shape index (κ3) is 5.20. The van der Waals surface area contributed by atoms with Crippen LogP contribution >= 0.6 is 11.8 Å². The lowest BCUT2D eigenvalue weighted by atomic mass is 9.97. The number of anilines is 2. The Morgan fingerprint density at radius 1 is 1.17 bits per heavy atom. The summed E-state index contributed by atoms with van der Waals surface area (Å²) < 4.78 is 0. The van der Waals surface area contributed by atoms with Crippen molar-refractivity contribution in [3.05, 3.63) is 81.7 Å². The molecule has 3 N–H and O–H groups in total. The predicted octanol–water partition coefficient (Wildman–Crippen LogP) is 6.04. The molecular weight excluding hydrogens is 312 g/mol. The molecule has 0 radical (unpaired) electrons. The number of aryl methyl sites for hydroxylation is 2. The summed E-state index contributed by atoms with van der Waals surface area (Å²) in [4.78, 5) is 0. The third-order valence-electron chi connectivity index (χ3n) is 4.02. The van der Waals surface area contributed by atoms with Crippen molar-refractivity contribution in [1.82, 2.24) is 0 Å². The lowest BCUT2D eigenvalue weighted by molar-refractivity contribution is 0.999. The molecule has 24 heavy (non-hydrogen) atoms. The van der Waals surface area contributed by atoms with Gasteiger partial charge in [0.25, 0.3) is 0 Å². The minimum Gasteiger partial charge on any atom is -0.399 e. The van der Waals surface area contributed by atoms with E-state index in [2.05, 4.69) is 50.2 Å². The fourth-order valence-corrected chi connectivity index (χ4v) is 3.19. The fourth-order valence-electron chi connectivity index (χ4n) is 2.45. The maximum atomic E-state index is 5.99. The van der Waals surface area contributed by atoms with E-state index in [9.17, 15) is 0 Å². The van der Waals surface area contributed by atoms with Crippen LogP contribution in [0.5, 0.6) is 0 Å². The van der Waals surface area contributed by atoms with E-state index in [1.54, 1.807) is 11.8 Å². The number of nitrogen functional groups attached to an aromatic ring is 1. The number of nitrogens with one attached hydrogen (secondary N) is 1. The first-order chi connectivity index (χ1) is 11.5. The Balaban J connectivity index is 2.01. The minimum absolute atomic E-state index is 0.869. The van der Waals surface area contributed by atoms with Gasteiger partial charge in [-0.1, -0.05) is 55.1 Å². The second kappa shape index (κ2) is 8.65. The molecule has 0 saturated carbocycles. The van der Waals surface area contributed by atoms with Gasteiger partial charge in [-0.2, -0.15) is 0 Å². The molecule has 0 aliphatic carbocycles. The summed E-state index contributed by atoms with van der Waals surface area (Å²) >= 11 is 1.64. The molecule has 0 fully saturated rings. The molecular formula is C21H26N2S. The molecule has 0 aliphatic rings. The van der Waals surface area contributed by atoms with E-state index in [4.69, 9.17) is 5.73 Å². The number of thioether (sulfide) groups is 1. The van der Waals surface area contributed by atoms with Gasteiger partial charge in [0.2, 0.25) is 0 Å². The van der Waals surface area contributed by atoms with Crippen LogP contribution in [0, 0.1) is 13.8 Å². The van der Waals surface area contributed by atoms with Crippen LogP contribution in [-0.2, 0) is 6.42 Å². The van der Waals surface area contributed by atoms with Crippen molar-refractivity contribution in [1.29, 1.82) is 0 Å². The second-order valence-corrected chi connectivity index (χ2v) is 6.94. The number of rotatable bonds is 7. The normalized spacial score (nSPS) is 11.4. The molecule has 3 heteroatoms. The molecule has 0 heterocycles. The molecule has 0 unspecified atom stereocenters. The van der Waals surface area contributed by atoms with Crippen LogP contribution in [0.2, 0.25) is 0 Å². The zero-order valence-electron chi connectivity index (χ0n) is 14.7. The topological polar surface area (TPSA) is 38.0 Å². The van der Waals surface area contributed by atoms with E-state index in [-0.39, 0.29) is 0 Å². The number of nitrogens with two attached hydrogens (primary N) is 1. The highest BCUT2D eigenvalue weighted by Gasteiger charge is 2.05. The average molecular weight is 339 g/mol. The monoisotopic (exact) mass is 338 g/mol. The van der Waals surface area contributed by atoms with Crippen LogP contribution in [0.15, 0.2) is 65.1 Å². The van der Waals surface area contributed by atoms with E-state index in [1.807, 2.05) is 30.3 Å². The Bertz CT molecular complexity index is 733. The Kier molecular flexibility index (Phi) is 6.56. The van der Waals surface area contributed by atoms with Crippen LogP contribution in [-0.4, -0.2) is 0 Å². The summed E-state index contributed by atoms with van der Waals surface area (Å²) in [6.45, 7) is 10.5. The van der Waals surface area contributed by atoms with Crippen molar-refractivity contribution in [3.63, 3.8) is 0 Å². The second-order valence-electron chi connectivity index (χ2n) is 5.97. The van der Waals surface area contributed by atoms with Gasteiger partial charge in [0.15, 0.2) is 0 Å². The predicted molar refractivity (Wildman–Crippen MR) is 109 cm³/mol. The van der Waals surface area contributed by atoms with E-state index in [0.29, 0.717) is 0 Å². The van der Waals surface area contributed by atoms with Gasteiger partial charge < -0.3 is 11.1 Å². The Morgan fingerprint density at radius 3 is 2.54 bits per heavy atom. The number of hydrogen-bond acceptors (Lipinski definition) is 3. The maximum Gasteiger partial charge on any atom is 0.0694 e. The standard InChI is InChI=1S/C21H26N2S/c1-5-18(13-19-11-16(3)21(22)12-15(19)2)14-24-17(4)23-20-9-7-6-8-10-20/h6-12,14,23H,4-5,13,22H2,1-3H3/b18-14+. The van der Waals surface area contributed by atoms with E-state index in [0.717, 1.165) is 34.8 Å². The zero-order valence-corrected chi connectivity index (χ0v) is 15.5. The maximum absolute atomic E-state index is 5.99. The van der Waals surface area contributed by atoms with Crippen molar-refractivity contribution in [3.8, 4) is 0 Å². The zero-order chi connectivity index (χ0) is 17.5. The summed E-state index contributed by atoms with van der Waals surface area (Å²) in [5.74, 6) is 0. The van der Waals surface area contributed by atoms with Crippen molar-refractivity contribution < 1.29 is 0 Å². The quantitative estimate of drug-likeness (QED) is 0.605. The summed E-state index contributed by atoms with van der Waals surface area (Å²) in [6, 6.07) is 14.4. The molecule has 0 aromatic heterocycles. The van der Waals surface area contributed by atoms with Gasteiger partial charge >= 0.3 is 0 Å². The van der Waals surface area contributed by atoms with Gasteiger partial charge in [-0.05, 0) is 67.0 Å². The van der Waals surface area contributed by atoms with E-state index in [1.165, 1.54) is 16.7 Å². The smallest absolute Gasteiger partial charge is 0.0694 e. The molecule has 0 aliphatic heterocycles. The average Bonchev–Trinajstić information content (AvgIpc) is 2.57. The number of benzene rings is 2. The highest BCUT2D eigenvalue weighted by Crippen LogP contribution is 2.25. The fraction of sp³-hybridized carbons (Fsp3) is 0.238. The van der Waals surface area contributed by atoms with E-state index < -0.39 is 0 Å². The van der Waals surface area contributed by atoms with Gasteiger partial charge in [0.1, 0.15) is 0 Å². The van der Waals surface area contributed by atoms with Crippen molar-refractivity contribution in [2.75, 3.05) is 11.1 Å². The molecule has 0 atom stereocenters. The molecule has 2 aromatic carbocycles. The first kappa shape index (κ1) is 18.2. The van der Waals surface area contributed by atoms with Gasteiger partial charge in [0, 0.05) is 11.4 Å². The van der Waals surface area contributed by atoms with Gasteiger partial charge in [-0.15, -0.1) is 0 Å². The Morgan fingerprint density at radius 2 is 1.88 bits per heavy atom. The van der Waals surface area contributed by atoms with Crippen LogP contribution in [0.25, 0.3) is 0 Å². The highest BCUT2D eigenvalue weighted by atomic mass is 32.2. The number of para-hydroxylation sites is 1. The lowest BCUT2D eigenvalue weighted by Gasteiger charge is -2.12. The lowest BCUT2D eigenvalue weighted by Crippen LogP contribution is -1.98. The Hall–Kier alpha value is -2.13. The first-order valence-electron chi connectivity index (χ1n) is 8.20. The summed E-state index contributed by atoms with van der Waals surface area (Å²) in [7, 11) is 0. The number of allylic oxidation sites excluding steroid dienone is 1. The molecule has 0 bridgehead atoms. The summed E-state index contributed by atoms with van der Waals surface area (Å²) in [6.07, 6.45) is 1.98. The first-order valence-corrected chi connectivity index (χ1v) is 9.08. The molecule has 2 nitrogen and oxygen atoms in total. The SMILES string of the molecule is C=C(Nc1ccccc1)S/C=C(\CC)Cc1cc(C)c(N)cc1C. The molecule has 0 saturated heterocycles. The third-order valence-corrected chi connectivity index (χ3v) is 4.86. The van der Waals surface area contributed by atoms with Crippen LogP contribution in [0.1, 0.15) is 30.0 Å². The minimum atomic E-state index is 0.869. The molecule has 2 rings (SSSR count). The van der Waals surface area contributed by atoms with Gasteiger partial charge in [-0.3, -0.25) is 0 Å². The van der Waals surface area contributed by atoms with E-state index >= 15 is 0 Å². The van der Waals surface area contributed by atoms with Crippen LogP contribution in [0.3, 0.4) is 0 Å². The molecule has 0 amide bonds. The van der Waals surface area contributed by atoms with Crippen molar-refractivity contribution in [2.45, 2.75) is 33.6 Å². The van der Waals surface area contributed by atoms with Gasteiger partial charge in [-0.25, -0.2) is 0 Å². The number of hydrogen-bond donors (Lipinski definition) is 2. The highest BCUT2D eigenvalue weighted by molar-refractivity contribution is 8.05. The largest absolute Gasteiger partial charge is 0.399 e. The van der Waals surface area contributed by atoms with Gasteiger partial charge in [0.05, 0.1) is 5.03 Å². The summed E-state index contributed by atoms with van der Waals surface area (Å²) in [5, 5.41) is 6.46.